The molecule has 24 heavy (non-hydrogen) atoms. The molecular weight excluding hydrogens is 313 g/mol. The van der Waals surface area contributed by atoms with Gasteiger partial charge in [0.1, 0.15) is 24.1 Å². The standard InChI is InChI=1S/C16H22BNO6/c1-16(2,3)22-15(20)18-7-13-11-5-4-6-12-14(11)17(24-13)23-10(8-19)9-21-12/h4-6,10,13,19H,7-9H2,1-3H3,(H,18,20)/t10-,13?/m1/s1. The lowest BCUT2D eigenvalue weighted by atomic mass is 9.77. The van der Waals surface area contributed by atoms with Crippen molar-refractivity contribution >= 4 is 18.7 Å². The van der Waals surface area contributed by atoms with Crippen LogP contribution in [-0.2, 0) is 14.0 Å². The number of benzene rings is 1. The van der Waals surface area contributed by atoms with E-state index in [4.69, 9.17) is 18.8 Å². The number of aliphatic hydroxyl groups excluding tert-OH is 1. The van der Waals surface area contributed by atoms with Crippen molar-refractivity contribution in [3.05, 3.63) is 23.8 Å². The highest BCUT2D eigenvalue weighted by atomic mass is 16.6. The van der Waals surface area contributed by atoms with Gasteiger partial charge in [0.15, 0.2) is 0 Å². The van der Waals surface area contributed by atoms with Gasteiger partial charge in [0.25, 0.3) is 0 Å². The summed E-state index contributed by atoms with van der Waals surface area (Å²) in [4.78, 5) is 11.8. The Morgan fingerprint density at radius 1 is 1.42 bits per heavy atom. The fourth-order valence-corrected chi connectivity index (χ4v) is 2.75. The lowest BCUT2D eigenvalue weighted by Crippen LogP contribution is -2.37. The van der Waals surface area contributed by atoms with Crippen LogP contribution in [0.25, 0.3) is 0 Å². The van der Waals surface area contributed by atoms with Gasteiger partial charge in [0, 0.05) is 12.0 Å². The van der Waals surface area contributed by atoms with Crippen LogP contribution < -0.4 is 15.5 Å². The molecule has 0 aromatic heterocycles. The molecule has 0 saturated heterocycles. The van der Waals surface area contributed by atoms with Crippen LogP contribution in [0.5, 0.6) is 5.75 Å². The number of rotatable bonds is 3. The van der Waals surface area contributed by atoms with Gasteiger partial charge >= 0.3 is 13.2 Å². The van der Waals surface area contributed by atoms with Crippen molar-refractivity contribution in [3.8, 4) is 5.75 Å². The Morgan fingerprint density at radius 2 is 2.21 bits per heavy atom. The molecule has 0 bridgehead atoms. The van der Waals surface area contributed by atoms with E-state index in [1.54, 1.807) is 0 Å². The number of aliphatic hydroxyl groups is 1. The van der Waals surface area contributed by atoms with Crippen molar-refractivity contribution in [1.29, 1.82) is 0 Å². The van der Waals surface area contributed by atoms with Gasteiger partial charge in [-0.3, -0.25) is 0 Å². The number of hydrogen-bond acceptors (Lipinski definition) is 6. The van der Waals surface area contributed by atoms with Crippen LogP contribution in [0.15, 0.2) is 18.2 Å². The number of hydrogen-bond donors (Lipinski definition) is 2. The molecule has 1 aromatic carbocycles. The second-order valence-corrected chi connectivity index (χ2v) is 6.85. The molecule has 0 saturated carbocycles. The molecular formula is C16H22BNO6. The van der Waals surface area contributed by atoms with Gasteiger partial charge in [-0.15, -0.1) is 0 Å². The fourth-order valence-electron chi connectivity index (χ4n) is 2.75. The summed E-state index contributed by atoms with van der Waals surface area (Å²) in [5.74, 6) is 0.688. The molecule has 1 aromatic rings. The smallest absolute Gasteiger partial charge is 0.491 e. The van der Waals surface area contributed by atoms with Crippen LogP contribution in [0.3, 0.4) is 0 Å². The summed E-state index contributed by atoms with van der Waals surface area (Å²) in [7, 11) is -0.610. The summed E-state index contributed by atoms with van der Waals surface area (Å²) in [6.07, 6.45) is -1.31. The van der Waals surface area contributed by atoms with Crippen LogP contribution in [0.1, 0.15) is 32.4 Å². The Labute approximate surface area is 141 Å². The first-order chi connectivity index (χ1) is 11.4. The molecule has 8 heteroatoms. The summed E-state index contributed by atoms with van der Waals surface area (Å²) >= 11 is 0. The van der Waals surface area contributed by atoms with Crippen LogP contribution >= 0.6 is 0 Å². The van der Waals surface area contributed by atoms with E-state index in [0.717, 1.165) is 11.0 Å². The third-order valence-electron chi connectivity index (χ3n) is 3.75. The third-order valence-corrected chi connectivity index (χ3v) is 3.75. The zero-order chi connectivity index (χ0) is 17.3. The molecule has 0 radical (unpaired) electrons. The number of carbonyl (C=O) groups is 1. The highest BCUT2D eigenvalue weighted by Crippen LogP contribution is 2.30. The topological polar surface area (TPSA) is 86.3 Å². The van der Waals surface area contributed by atoms with Gasteiger partial charge < -0.3 is 29.2 Å². The van der Waals surface area contributed by atoms with Crippen molar-refractivity contribution in [2.45, 2.75) is 38.6 Å². The van der Waals surface area contributed by atoms with Crippen molar-refractivity contribution in [1.82, 2.24) is 5.32 Å². The molecule has 3 rings (SSSR count). The van der Waals surface area contributed by atoms with Gasteiger partial charge in [-0.2, -0.15) is 0 Å². The van der Waals surface area contributed by atoms with E-state index >= 15 is 0 Å². The monoisotopic (exact) mass is 335 g/mol. The minimum absolute atomic E-state index is 0.149. The van der Waals surface area contributed by atoms with Crippen LogP contribution in [0, 0.1) is 0 Å². The lowest BCUT2D eigenvalue weighted by Gasteiger charge is -2.21. The highest BCUT2D eigenvalue weighted by molar-refractivity contribution is 6.64. The molecule has 2 atom stereocenters. The summed E-state index contributed by atoms with van der Waals surface area (Å²) in [5.41, 5.74) is 1.18. The SMILES string of the molecule is CC(C)(C)OC(=O)NCC1OB2O[C@H](CO)COc3cccc1c32. The Kier molecular flexibility index (Phi) is 4.71. The van der Waals surface area contributed by atoms with Crippen LogP contribution in [0.4, 0.5) is 4.79 Å². The van der Waals surface area contributed by atoms with E-state index in [9.17, 15) is 9.90 Å². The normalized spacial score (nSPS) is 22.4. The molecule has 2 aliphatic heterocycles. The molecule has 1 unspecified atom stereocenters. The molecule has 2 heterocycles. The first kappa shape index (κ1) is 17.1. The van der Waals surface area contributed by atoms with Crippen molar-refractivity contribution in [3.63, 3.8) is 0 Å². The summed E-state index contributed by atoms with van der Waals surface area (Å²) in [6, 6.07) is 5.65. The fraction of sp³-hybridized carbons (Fsp3) is 0.562. The molecule has 2 aliphatic rings. The summed E-state index contributed by atoms with van der Waals surface area (Å²) < 4.78 is 22.6. The van der Waals surface area contributed by atoms with E-state index < -0.39 is 24.9 Å². The molecule has 0 aliphatic carbocycles. The molecule has 0 fully saturated rings. The second-order valence-electron chi connectivity index (χ2n) is 6.85. The average molecular weight is 335 g/mol. The van der Waals surface area contributed by atoms with Crippen LogP contribution in [-0.4, -0.2) is 49.8 Å². The van der Waals surface area contributed by atoms with Crippen molar-refractivity contribution in [2.24, 2.45) is 0 Å². The minimum Gasteiger partial charge on any atom is -0.491 e. The van der Waals surface area contributed by atoms with Gasteiger partial charge in [0.2, 0.25) is 0 Å². The molecule has 0 spiro atoms. The Morgan fingerprint density at radius 3 is 2.92 bits per heavy atom. The maximum Gasteiger partial charge on any atom is 0.499 e. The average Bonchev–Trinajstić information content (AvgIpc) is 2.75. The molecule has 2 N–H and O–H groups in total. The van der Waals surface area contributed by atoms with Crippen molar-refractivity contribution < 1.29 is 28.7 Å². The Balaban J connectivity index is 1.72. The van der Waals surface area contributed by atoms with E-state index in [-0.39, 0.29) is 25.9 Å². The van der Waals surface area contributed by atoms with Gasteiger partial charge in [-0.05, 0) is 32.4 Å². The largest absolute Gasteiger partial charge is 0.499 e. The Hall–Kier alpha value is -1.77. The zero-order valence-electron chi connectivity index (χ0n) is 14.1. The number of nitrogens with one attached hydrogen (secondary N) is 1. The highest BCUT2D eigenvalue weighted by Gasteiger charge is 2.43. The van der Waals surface area contributed by atoms with E-state index in [0.29, 0.717) is 5.75 Å². The number of ether oxygens (including phenoxy) is 2. The first-order valence-corrected chi connectivity index (χ1v) is 8.01. The maximum absolute atomic E-state index is 11.8. The van der Waals surface area contributed by atoms with E-state index in [2.05, 4.69) is 5.32 Å². The van der Waals surface area contributed by atoms with E-state index in [1.807, 2.05) is 39.0 Å². The molecule has 1 amide bonds. The molecule has 7 nitrogen and oxygen atoms in total. The predicted octanol–water partition coefficient (Wildman–Crippen LogP) is 0.748. The Bertz CT molecular complexity index is 617. The lowest BCUT2D eigenvalue weighted by molar-refractivity contribution is 0.0417. The minimum atomic E-state index is -0.610. The zero-order valence-corrected chi connectivity index (χ0v) is 14.1. The van der Waals surface area contributed by atoms with Gasteiger partial charge in [-0.1, -0.05) is 12.1 Å². The first-order valence-electron chi connectivity index (χ1n) is 8.01. The quantitative estimate of drug-likeness (QED) is 0.793. The summed E-state index contributed by atoms with van der Waals surface area (Å²) in [5, 5.41) is 12.1. The second kappa shape index (κ2) is 6.62. The number of alkyl carbamates (subject to hydrolysis) is 1. The summed E-state index contributed by atoms with van der Waals surface area (Å²) in [6.45, 7) is 5.81. The number of carbonyl (C=O) groups excluding carboxylic acids is 1. The van der Waals surface area contributed by atoms with Gasteiger partial charge in [-0.25, -0.2) is 4.79 Å². The van der Waals surface area contributed by atoms with Gasteiger partial charge in [0.05, 0.1) is 12.7 Å². The van der Waals surface area contributed by atoms with Crippen LogP contribution in [0.2, 0.25) is 0 Å². The number of amides is 1. The van der Waals surface area contributed by atoms with Crippen molar-refractivity contribution in [2.75, 3.05) is 19.8 Å². The third kappa shape index (κ3) is 3.66. The van der Waals surface area contributed by atoms with E-state index in [1.165, 1.54) is 0 Å². The molecule has 130 valence electrons. The predicted molar refractivity (Wildman–Crippen MR) is 87.3 cm³/mol. The maximum atomic E-state index is 11.8.